The van der Waals surface area contributed by atoms with Gasteiger partial charge in [0.2, 0.25) is 0 Å². The number of carbonyl (C=O) groups is 1. The van der Waals surface area contributed by atoms with Crippen molar-refractivity contribution < 1.29 is 24.5 Å². The molecule has 5 heteroatoms. The number of benzene rings is 2. The zero-order chi connectivity index (χ0) is 15.2. The van der Waals surface area contributed by atoms with Gasteiger partial charge in [0, 0.05) is 6.07 Å². The van der Waals surface area contributed by atoms with Crippen molar-refractivity contribution in [1.82, 2.24) is 0 Å². The fraction of sp³-hybridized carbons (Fsp3) is 0.188. The molecule has 0 aliphatic carbocycles. The number of phenolic OH excluding ortho intramolecular Hbond substituents is 2. The first-order chi connectivity index (χ1) is 10.1. The molecular weight excluding hydrogens is 272 g/mol. The highest BCUT2D eigenvalue weighted by molar-refractivity contribution is 5.92. The number of aromatic hydroxyl groups is 2. The average molecular weight is 288 g/mol. The van der Waals surface area contributed by atoms with E-state index < -0.39 is 5.97 Å². The van der Waals surface area contributed by atoms with Crippen LogP contribution in [0, 0.1) is 6.92 Å². The van der Waals surface area contributed by atoms with E-state index in [1.165, 1.54) is 12.1 Å². The summed E-state index contributed by atoms with van der Waals surface area (Å²) in [7, 11) is 0. The highest BCUT2D eigenvalue weighted by Crippen LogP contribution is 2.23. The monoisotopic (exact) mass is 288 g/mol. The van der Waals surface area contributed by atoms with Gasteiger partial charge in [0.1, 0.15) is 36.0 Å². The number of esters is 1. The second-order valence-corrected chi connectivity index (χ2v) is 4.50. The van der Waals surface area contributed by atoms with E-state index in [4.69, 9.17) is 14.6 Å². The van der Waals surface area contributed by atoms with Crippen LogP contribution in [0.4, 0.5) is 0 Å². The van der Waals surface area contributed by atoms with Crippen molar-refractivity contribution in [3.63, 3.8) is 0 Å². The van der Waals surface area contributed by atoms with Crippen LogP contribution in [0.25, 0.3) is 0 Å². The third-order valence-corrected chi connectivity index (χ3v) is 2.78. The molecule has 0 fully saturated rings. The van der Waals surface area contributed by atoms with Gasteiger partial charge in [-0.25, -0.2) is 4.79 Å². The summed E-state index contributed by atoms with van der Waals surface area (Å²) in [5, 5.41) is 18.7. The molecule has 0 atom stereocenters. The summed E-state index contributed by atoms with van der Waals surface area (Å²) in [6.45, 7) is 2.24. The first kappa shape index (κ1) is 14.7. The normalized spacial score (nSPS) is 10.1. The Balaban J connectivity index is 1.82. The lowest BCUT2D eigenvalue weighted by molar-refractivity contribution is 0.0447. The molecule has 0 amide bonds. The quantitative estimate of drug-likeness (QED) is 0.653. The van der Waals surface area contributed by atoms with Gasteiger partial charge in [-0.1, -0.05) is 12.1 Å². The minimum Gasteiger partial charge on any atom is -0.508 e. The molecule has 5 nitrogen and oxygen atoms in total. The van der Waals surface area contributed by atoms with Crippen LogP contribution >= 0.6 is 0 Å². The summed E-state index contributed by atoms with van der Waals surface area (Å²) < 4.78 is 10.4. The molecule has 0 bridgehead atoms. The van der Waals surface area contributed by atoms with E-state index in [-0.39, 0.29) is 30.3 Å². The third-order valence-electron chi connectivity index (χ3n) is 2.78. The van der Waals surface area contributed by atoms with Crippen LogP contribution in [0.2, 0.25) is 0 Å². The third kappa shape index (κ3) is 4.14. The van der Waals surface area contributed by atoms with E-state index >= 15 is 0 Å². The topological polar surface area (TPSA) is 76.0 Å². The maximum atomic E-state index is 11.7. The SMILES string of the molecule is Cc1cccc(OCCOC(=O)c2ccc(O)cc2O)c1. The molecule has 0 spiro atoms. The second kappa shape index (κ2) is 6.65. The lowest BCUT2D eigenvalue weighted by Gasteiger charge is -2.08. The van der Waals surface area contributed by atoms with Gasteiger partial charge in [0.05, 0.1) is 0 Å². The van der Waals surface area contributed by atoms with Crippen LogP contribution < -0.4 is 4.74 Å². The van der Waals surface area contributed by atoms with Gasteiger partial charge in [-0.05, 0) is 36.8 Å². The van der Waals surface area contributed by atoms with Gasteiger partial charge < -0.3 is 19.7 Å². The molecule has 2 rings (SSSR count). The Labute approximate surface area is 122 Å². The van der Waals surface area contributed by atoms with Crippen molar-refractivity contribution in [3.8, 4) is 17.2 Å². The van der Waals surface area contributed by atoms with E-state index in [9.17, 15) is 9.90 Å². The van der Waals surface area contributed by atoms with Gasteiger partial charge in [-0.15, -0.1) is 0 Å². The molecule has 0 saturated heterocycles. The molecule has 0 unspecified atom stereocenters. The second-order valence-electron chi connectivity index (χ2n) is 4.50. The highest BCUT2D eigenvalue weighted by atomic mass is 16.6. The van der Waals surface area contributed by atoms with Gasteiger partial charge in [-0.3, -0.25) is 0 Å². The lowest BCUT2D eigenvalue weighted by Crippen LogP contribution is -2.12. The molecule has 2 N–H and O–H groups in total. The van der Waals surface area contributed by atoms with Gasteiger partial charge >= 0.3 is 5.97 Å². The Morgan fingerprint density at radius 3 is 2.62 bits per heavy atom. The average Bonchev–Trinajstić information content (AvgIpc) is 2.43. The largest absolute Gasteiger partial charge is 0.508 e. The predicted octanol–water partition coefficient (Wildman–Crippen LogP) is 2.64. The van der Waals surface area contributed by atoms with E-state index in [2.05, 4.69) is 0 Å². The zero-order valence-electron chi connectivity index (χ0n) is 11.6. The lowest BCUT2D eigenvalue weighted by atomic mass is 10.2. The van der Waals surface area contributed by atoms with Crippen molar-refractivity contribution in [2.45, 2.75) is 6.92 Å². The molecule has 110 valence electrons. The first-order valence-corrected chi connectivity index (χ1v) is 6.45. The predicted molar refractivity (Wildman–Crippen MR) is 76.7 cm³/mol. The number of rotatable bonds is 5. The Morgan fingerprint density at radius 1 is 1.10 bits per heavy atom. The van der Waals surface area contributed by atoms with Crippen LogP contribution in [0.5, 0.6) is 17.2 Å². The van der Waals surface area contributed by atoms with E-state index in [0.717, 1.165) is 11.6 Å². The Hall–Kier alpha value is -2.69. The molecule has 2 aromatic carbocycles. The van der Waals surface area contributed by atoms with Crippen molar-refractivity contribution >= 4 is 5.97 Å². The Kier molecular flexibility index (Phi) is 4.66. The van der Waals surface area contributed by atoms with Gasteiger partial charge in [0.15, 0.2) is 0 Å². The smallest absolute Gasteiger partial charge is 0.342 e. The molecule has 0 heterocycles. The van der Waals surface area contributed by atoms with Crippen LogP contribution in [-0.2, 0) is 4.74 Å². The molecule has 2 aromatic rings. The fourth-order valence-corrected chi connectivity index (χ4v) is 1.77. The maximum absolute atomic E-state index is 11.7. The summed E-state index contributed by atoms with van der Waals surface area (Å²) in [6, 6.07) is 11.2. The number of hydrogen-bond acceptors (Lipinski definition) is 5. The molecule has 0 saturated carbocycles. The van der Waals surface area contributed by atoms with E-state index in [1.54, 1.807) is 0 Å². The number of ether oxygens (including phenoxy) is 2. The first-order valence-electron chi connectivity index (χ1n) is 6.45. The van der Waals surface area contributed by atoms with E-state index in [1.807, 2.05) is 31.2 Å². The molecule has 0 aliphatic rings. The molecule has 21 heavy (non-hydrogen) atoms. The van der Waals surface area contributed by atoms with Crippen molar-refractivity contribution in [3.05, 3.63) is 53.6 Å². The van der Waals surface area contributed by atoms with Crippen LogP contribution in [0.1, 0.15) is 15.9 Å². The molecule has 0 aliphatic heterocycles. The van der Waals surface area contributed by atoms with Crippen molar-refractivity contribution in [1.29, 1.82) is 0 Å². The minimum absolute atomic E-state index is 0.00311. The maximum Gasteiger partial charge on any atom is 0.342 e. The highest BCUT2D eigenvalue weighted by Gasteiger charge is 2.12. The van der Waals surface area contributed by atoms with Crippen molar-refractivity contribution in [2.24, 2.45) is 0 Å². The zero-order valence-corrected chi connectivity index (χ0v) is 11.6. The number of hydrogen-bond donors (Lipinski definition) is 2. The number of carbonyl (C=O) groups excluding carboxylic acids is 1. The number of phenols is 2. The molecule has 0 radical (unpaired) electrons. The fourth-order valence-electron chi connectivity index (χ4n) is 1.77. The number of aryl methyl sites for hydroxylation is 1. The molecular formula is C16H16O5. The van der Waals surface area contributed by atoms with Gasteiger partial charge in [-0.2, -0.15) is 0 Å². The summed E-state index contributed by atoms with van der Waals surface area (Å²) in [6.07, 6.45) is 0. The Morgan fingerprint density at radius 2 is 1.90 bits per heavy atom. The van der Waals surface area contributed by atoms with Crippen LogP contribution in [0.3, 0.4) is 0 Å². The van der Waals surface area contributed by atoms with Crippen LogP contribution in [0.15, 0.2) is 42.5 Å². The molecule has 0 aromatic heterocycles. The van der Waals surface area contributed by atoms with Crippen molar-refractivity contribution in [2.75, 3.05) is 13.2 Å². The van der Waals surface area contributed by atoms with E-state index in [0.29, 0.717) is 5.75 Å². The van der Waals surface area contributed by atoms with Gasteiger partial charge in [0.25, 0.3) is 0 Å². The minimum atomic E-state index is -0.666. The Bertz CT molecular complexity index is 636. The summed E-state index contributed by atoms with van der Waals surface area (Å²) in [4.78, 5) is 11.7. The summed E-state index contributed by atoms with van der Waals surface area (Å²) in [5.74, 6) is -0.398. The standard InChI is InChI=1S/C16H16O5/c1-11-3-2-4-13(9-11)20-7-8-21-16(19)14-6-5-12(17)10-15(14)18/h2-6,9-10,17-18H,7-8H2,1H3. The van der Waals surface area contributed by atoms with Crippen LogP contribution in [-0.4, -0.2) is 29.4 Å². The summed E-state index contributed by atoms with van der Waals surface area (Å²) in [5.41, 5.74) is 1.09. The summed E-state index contributed by atoms with van der Waals surface area (Å²) >= 11 is 0.